The van der Waals surface area contributed by atoms with E-state index in [1.54, 1.807) is 45.6 Å². The summed E-state index contributed by atoms with van der Waals surface area (Å²) in [5.74, 6) is -2.22. The molecule has 6 unspecified atom stereocenters. The van der Waals surface area contributed by atoms with E-state index in [9.17, 15) is 20.1 Å². The number of aliphatic hydroxyl groups excluding tert-OH is 2. The zero-order valence-corrected chi connectivity index (χ0v) is 23.9. The molecule has 6 fully saturated rings. The van der Waals surface area contributed by atoms with Gasteiger partial charge in [-0.3, -0.25) is 4.90 Å². The Bertz CT molecular complexity index is 1170. The Morgan fingerprint density at radius 1 is 1.07 bits per heavy atom. The second-order valence-corrected chi connectivity index (χ2v) is 13.4. The van der Waals surface area contributed by atoms with Crippen molar-refractivity contribution in [1.82, 2.24) is 4.90 Å². The van der Waals surface area contributed by atoms with Crippen molar-refractivity contribution in [3.8, 4) is 0 Å². The minimum absolute atomic E-state index is 0.235. The molecular weight excluding hydrogens is 514 g/mol. The van der Waals surface area contributed by atoms with E-state index in [0.29, 0.717) is 31.6 Å². The molecule has 1 spiro atoms. The highest BCUT2D eigenvalue weighted by Gasteiger charge is 2.91. The molecule has 1 aromatic rings. The van der Waals surface area contributed by atoms with Crippen molar-refractivity contribution in [2.45, 2.75) is 74.3 Å². The molecule has 1 aliphatic heterocycles. The van der Waals surface area contributed by atoms with Crippen LogP contribution in [0.4, 0.5) is 0 Å². The lowest BCUT2D eigenvalue weighted by atomic mass is 9.41. The van der Waals surface area contributed by atoms with Crippen molar-refractivity contribution < 1.29 is 39.1 Å². The molecule has 220 valence electrons. The molecule has 6 aliphatic rings. The van der Waals surface area contributed by atoms with Crippen molar-refractivity contribution in [3.63, 3.8) is 0 Å². The van der Waals surface area contributed by atoms with Gasteiger partial charge in [0.15, 0.2) is 0 Å². The smallest absolute Gasteiger partial charge is 0.338 e. The molecule has 7 bridgehead atoms. The van der Waals surface area contributed by atoms with E-state index in [-0.39, 0.29) is 29.7 Å². The Balaban J connectivity index is 1.51. The fourth-order valence-corrected chi connectivity index (χ4v) is 11.7. The second kappa shape index (κ2) is 8.96. The van der Waals surface area contributed by atoms with E-state index in [0.717, 1.165) is 13.0 Å². The summed E-state index contributed by atoms with van der Waals surface area (Å²) < 4.78 is 25.0. The Kier molecular flexibility index (Phi) is 6.10. The number of likely N-dealkylation sites (tertiary alicyclic amines) is 1. The first kappa shape index (κ1) is 27.3. The molecule has 5 aliphatic carbocycles. The number of benzene rings is 1. The van der Waals surface area contributed by atoms with Crippen LogP contribution in [-0.4, -0.2) is 109 Å². The van der Waals surface area contributed by atoms with Gasteiger partial charge in [-0.2, -0.15) is 0 Å². The summed E-state index contributed by atoms with van der Waals surface area (Å²) in [6.45, 7) is 4.04. The molecule has 3 N–H and O–H groups in total. The SMILES string of the molecule is CCN1C[C@]2(COC)CCC(O)[C@]34C1C(C(OC)[C@H]23)[C@@]1(OC(=O)c2ccccc2)CC(OC)[C@H]2C[C@]4(O)[C@@H]1C2O. The zero-order valence-electron chi connectivity index (χ0n) is 23.9. The number of hydrogen-bond acceptors (Lipinski definition) is 9. The highest BCUT2D eigenvalue weighted by atomic mass is 16.6. The monoisotopic (exact) mass is 557 g/mol. The van der Waals surface area contributed by atoms with Gasteiger partial charge in [0.25, 0.3) is 0 Å². The first-order valence-corrected chi connectivity index (χ1v) is 14.9. The number of piperidine rings is 1. The number of carbonyl (C=O) groups excluding carboxylic acids is 1. The third-order valence-electron chi connectivity index (χ3n) is 12.4. The van der Waals surface area contributed by atoms with Gasteiger partial charge >= 0.3 is 5.97 Å². The van der Waals surface area contributed by atoms with Gasteiger partial charge in [-0.15, -0.1) is 0 Å². The Hall–Kier alpha value is -1.59. The van der Waals surface area contributed by atoms with E-state index in [2.05, 4.69) is 11.8 Å². The van der Waals surface area contributed by atoms with Crippen LogP contribution in [0.3, 0.4) is 0 Å². The number of hydrogen-bond donors (Lipinski definition) is 3. The third-order valence-corrected chi connectivity index (χ3v) is 12.4. The zero-order chi connectivity index (χ0) is 28.2. The fraction of sp³-hybridized carbons (Fsp3) is 0.774. The number of fused-ring (bicyclic) bond motifs is 2. The minimum atomic E-state index is -1.51. The summed E-state index contributed by atoms with van der Waals surface area (Å²) in [6.07, 6.45) is -0.690. The van der Waals surface area contributed by atoms with E-state index in [1.165, 1.54) is 0 Å². The molecule has 40 heavy (non-hydrogen) atoms. The summed E-state index contributed by atoms with van der Waals surface area (Å²) in [5.41, 5.74) is -3.69. The first-order valence-electron chi connectivity index (χ1n) is 14.9. The van der Waals surface area contributed by atoms with Crippen molar-refractivity contribution in [2.75, 3.05) is 41.0 Å². The molecule has 0 aromatic heterocycles. The van der Waals surface area contributed by atoms with Crippen molar-refractivity contribution in [1.29, 1.82) is 0 Å². The van der Waals surface area contributed by atoms with Crippen LogP contribution in [-0.2, 0) is 18.9 Å². The molecule has 13 atom stereocenters. The molecule has 7 rings (SSSR count). The van der Waals surface area contributed by atoms with Crippen LogP contribution in [0.15, 0.2) is 30.3 Å². The summed E-state index contributed by atoms with van der Waals surface area (Å²) in [5, 5.41) is 37.5. The normalized spacial score (nSPS) is 52.0. The second-order valence-electron chi connectivity index (χ2n) is 13.4. The largest absolute Gasteiger partial charge is 0.454 e. The lowest BCUT2D eigenvalue weighted by molar-refractivity contribution is -0.324. The standard InChI is InChI=1S/C31H43NO8/c1-5-32-15-28(16-37-2)12-11-20(33)31-25(28)23(39-4)21(26(31)32)29(40-27(35)17-9-7-6-8-10-17)14-19(38-3)18-13-30(31,36)24(29)22(18)34/h6-10,18-26,33-34,36H,5,11-16H2,1-4H3/t18-,19?,20?,21?,22?,23?,24-,25-,26?,28+,29+,30+,31-/m1/s1. The van der Waals surface area contributed by atoms with Crippen LogP contribution in [0.2, 0.25) is 0 Å². The Morgan fingerprint density at radius 3 is 2.48 bits per heavy atom. The molecule has 5 saturated carbocycles. The minimum Gasteiger partial charge on any atom is -0.454 e. The van der Waals surface area contributed by atoms with Gasteiger partial charge in [0.2, 0.25) is 0 Å². The number of methoxy groups -OCH3 is 3. The summed E-state index contributed by atoms with van der Waals surface area (Å²) >= 11 is 0. The van der Waals surface area contributed by atoms with Crippen LogP contribution >= 0.6 is 0 Å². The molecular formula is C31H43NO8. The van der Waals surface area contributed by atoms with Crippen LogP contribution in [0.5, 0.6) is 0 Å². The van der Waals surface area contributed by atoms with Gasteiger partial charge in [-0.1, -0.05) is 25.1 Å². The average Bonchev–Trinajstić information content (AvgIpc) is 3.33. The first-order chi connectivity index (χ1) is 19.2. The number of rotatable bonds is 7. The molecule has 0 amide bonds. The number of nitrogens with zero attached hydrogens (tertiary/aromatic N) is 1. The van der Waals surface area contributed by atoms with Crippen LogP contribution < -0.4 is 0 Å². The molecule has 1 heterocycles. The third kappa shape index (κ3) is 2.90. The number of ether oxygens (including phenoxy) is 4. The lowest BCUT2D eigenvalue weighted by Gasteiger charge is -2.71. The van der Waals surface area contributed by atoms with E-state index < -0.39 is 58.8 Å². The van der Waals surface area contributed by atoms with Crippen molar-refractivity contribution in [3.05, 3.63) is 35.9 Å². The molecule has 1 aromatic carbocycles. The van der Waals surface area contributed by atoms with Crippen molar-refractivity contribution in [2.24, 2.45) is 34.5 Å². The maximum atomic E-state index is 13.9. The van der Waals surface area contributed by atoms with E-state index >= 15 is 0 Å². The number of carbonyl (C=O) groups is 1. The van der Waals surface area contributed by atoms with Gasteiger partial charge in [0.1, 0.15) is 5.60 Å². The van der Waals surface area contributed by atoms with Crippen molar-refractivity contribution >= 4 is 5.97 Å². The van der Waals surface area contributed by atoms with Gasteiger partial charge in [0, 0.05) is 68.9 Å². The van der Waals surface area contributed by atoms with Crippen LogP contribution in [0.1, 0.15) is 43.0 Å². The van der Waals surface area contributed by atoms with Crippen LogP contribution in [0, 0.1) is 34.5 Å². The average molecular weight is 558 g/mol. The molecule has 0 radical (unpaired) electrons. The number of esters is 1. The van der Waals surface area contributed by atoms with E-state index in [4.69, 9.17) is 18.9 Å². The maximum Gasteiger partial charge on any atom is 0.338 e. The highest BCUT2D eigenvalue weighted by Crippen LogP contribution is 2.80. The Morgan fingerprint density at radius 2 is 1.82 bits per heavy atom. The quantitative estimate of drug-likeness (QED) is 0.429. The Labute approximate surface area is 235 Å². The fourth-order valence-electron chi connectivity index (χ4n) is 11.7. The predicted octanol–water partition coefficient (Wildman–Crippen LogP) is 1.48. The van der Waals surface area contributed by atoms with Crippen LogP contribution in [0.25, 0.3) is 0 Å². The maximum absolute atomic E-state index is 13.9. The molecule has 1 saturated heterocycles. The topological polar surface area (TPSA) is 118 Å². The molecule has 9 nitrogen and oxygen atoms in total. The predicted molar refractivity (Wildman–Crippen MR) is 143 cm³/mol. The lowest BCUT2D eigenvalue weighted by Crippen LogP contribution is -2.82. The summed E-state index contributed by atoms with van der Waals surface area (Å²) in [7, 11) is 5.03. The highest BCUT2D eigenvalue weighted by molar-refractivity contribution is 5.89. The summed E-state index contributed by atoms with van der Waals surface area (Å²) in [4.78, 5) is 16.3. The number of aliphatic hydroxyl groups is 3. The van der Waals surface area contributed by atoms with Gasteiger partial charge in [-0.25, -0.2) is 4.79 Å². The van der Waals surface area contributed by atoms with Gasteiger partial charge in [-0.05, 0) is 37.9 Å². The molecule has 9 heteroatoms. The van der Waals surface area contributed by atoms with E-state index in [1.807, 2.05) is 6.07 Å². The van der Waals surface area contributed by atoms with Gasteiger partial charge in [0.05, 0.1) is 48.1 Å². The summed E-state index contributed by atoms with van der Waals surface area (Å²) in [6, 6.07) is 8.59. The van der Waals surface area contributed by atoms with Gasteiger partial charge < -0.3 is 34.3 Å².